The van der Waals surface area contributed by atoms with Gasteiger partial charge in [0.25, 0.3) is 11.8 Å². The van der Waals surface area contributed by atoms with Crippen molar-refractivity contribution in [2.45, 2.75) is 39.6 Å². The van der Waals surface area contributed by atoms with Crippen LogP contribution in [0.4, 0.5) is 5.69 Å². The van der Waals surface area contributed by atoms with Crippen molar-refractivity contribution in [3.05, 3.63) is 64.4 Å². The van der Waals surface area contributed by atoms with E-state index >= 15 is 0 Å². The Kier molecular flexibility index (Phi) is 5.85. The molecule has 10 heteroatoms. The van der Waals surface area contributed by atoms with Crippen molar-refractivity contribution in [2.24, 2.45) is 0 Å². The van der Waals surface area contributed by atoms with Crippen LogP contribution in [-0.4, -0.2) is 30.8 Å². The van der Waals surface area contributed by atoms with E-state index < -0.39 is 5.50 Å². The van der Waals surface area contributed by atoms with Crippen LogP contribution in [0.1, 0.15) is 48.4 Å². The number of aromatic nitrogens is 5. The molecule has 0 aromatic carbocycles. The molecule has 1 aliphatic rings. The lowest BCUT2D eigenvalue weighted by Gasteiger charge is -2.24. The number of dihydropyridines is 1. The van der Waals surface area contributed by atoms with Crippen LogP contribution in [0.15, 0.2) is 38.9 Å². The number of anilines is 1. The third-order valence-electron chi connectivity index (χ3n) is 4.85. The number of aryl methyl sites for hydroxylation is 2. The van der Waals surface area contributed by atoms with Gasteiger partial charge in [0.2, 0.25) is 0 Å². The standard InChI is InChI=1S/C21H22ClN7O2/c1-5-18-27-19(30-29-18)7-6-14-9-23-10-16(11(14)2)25-20-12(3)15(8-17(22)26-20)21-24-13(4)28-31-21/h6-10,17,25-26H,5H2,1-4H3/b7-6+. The molecule has 0 saturated carbocycles. The fourth-order valence-corrected chi connectivity index (χ4v) is 3.31. The molecule has 0 bridgehead atoms. The zero-order valence-corrected chi connectivity index (χ0v) is 18.4. The van der Waals surface area contributed by atoms with E-state index in [-0.39, 0.29) is 0 Å². The SMILES string of the molecule is CCc1noc(/C=C/c2cncc(NC3=C(C)C(c4nc(C)no4)=CC(Cl)N3)c2C)n1. The Balaban J connectivity index is 1.60. The maximum atomic E-state index is 6.40. The maximum absolute atomic E-state index is 6.40. The average Bonchev–Trinajstić information content (AvgIpc) is 3.39. The van der Waals surface area contributed by atoms with Crippen molar-refractivity contribution < 1.29 is 9.05 Å². The van der Waals surface area contributed by atoms with Gasteiger partial charge in [0.05, 0.1) is 11.9 Å². The summed E-state index contributed by atoms with van der Waals surface area (Å²) in [6.45, 7) is 7.71. The smallest absolute Gasteiger partial charge is 0.258 e. The molecule has 0 spiro atoms. The van der Waals surface area contributed by atoms with Gasteiger partial charge in [-0.15, -0.1) is 0 Å². The topological polar surface area (TPSA) is 115 Å². The van der Waals surface area contributed by atoms with Crippen molar-refractivity contribution in [2.75, 3.05) is 5.32 Å². The molecule has 0 saturated heterocycles. The first kappa shape index (κ1) is 20.8. The third kappa shape index (κ3) is 4.51. The first-order valence-corrected chi connectivity index (χ1v) is 10.2. The van der Waals surface area contributed by atoms with E-state index in [4.69, 9.17) is 20.6 Å². The Morgan fingerprint density at radius 1 is 1.13 bits per heavy atom. The van der Waals surface area contributed by atoms with Gasteiger partial charge in [0.15, 0.2) is 11.6 Å². The highest BCUT2D eigenvalue weighted by atomic mass is 35.5. The number of alkyl halides is 1. The summed E-state index contributed by atoms with van der Waals surface area (Å²) in [5.41, 5.74) is 4.00. The van der Waals surface area contributed by atoms with Crippen LogP contribution in [0.3, 0.4) is 0 Å². The van der Waals surface area contributed by atoms with E-state index in [1.807, 2.05) is 32.9 Å². The van der Waals surface area contributed by atoms with Gasteiger partial charge in [-0.3, -0.25) is 4.98 Å². The molecular formula is C21H22ClN7O2. The second-order valence-corrected chi connectivity index (χ2v) is 7.51. The Morgan fingerprint density at radius 3 is 2.68 bits per heavy atom. The highest BCUT2D eigenvalue weighted by Crippen LogP contribution is 2.30. The molecule has 0 radical (unpaired) electrons. The minimum absolute atomic E-state index is 0.430. The highest BCUT2D eigenvalue weighted by molar-refractivity contribution is 6.22. The zero-order valence-electron chi connectivity index (χ0n) is 17.6. The molecule has 0 fully saturated rings. The second-order valence-electron chi connectivity index (χ2n) is 7.04. The van der Waals surface area contributed by atoms with Crippen LogP contribution in [-0.2, 0) is 6.42 Å². The number of allylic oxidation sites excluding steroid dienone is 2. The largest absolute Gasteiger partial charge is 0.352 e. The van der Waals surface area contributed by atoms with E-state index in [2.05, 4.69) is 35.9 Å². The predicted molar refractivity (Wildman–Crippen MR) is 118 cm³/mol. The molecule has 160 valence electrons. The summed E-state index contributed by atoms with van der Waals surface area (Å²) in [6, 6.07) is 0. The molecule has 0 aliphatic carbocycles. The molecule has 1 aliphatic heterocycles. The Morgan fingerprint density at radius 2 is 1.97 bits per heavy atom. The molecular weight excluding hydrogens is 418 g/mol. The van der Waals surface area contributed by atoms with E-state index in [0.29, 0.717) is 23.4 Å². The van der Waals surface area contributed by atoms with Crippen LogP contribution >= 0.6 is 11.6 Å². The van der Waals surface area contributed by atoms with Gasteiger partial charge in [-0.1, -0.05) is 28.8 Å². The minimum atomic E-state index is -0.435. The number of hydrogen-bond donors (Lipinski definition) is 2. The molecule has 31 heavy (non-hydrogen) atoms. The van der Waals surface area contributed by atoms with Crippen LogP contribution in [0.25, 0.3) is 17.7 Å². The number of pyridine rings is 1. The van der Waals surface area contributed by atoms with Gasteiger partial charge < -0.3 is 19.7 Å². The van der Waals surface area contributed by atoms with Gasteiger partial charge in [-0.05, 0) is 44.1 Å². The number of halogens is 1. The van der Waals surface area contributed by atoms with Crippen molar-refractivity contribution in [3.8, 4) is 0 Å². The zero-order chi connectivity index (χ0) is 22.0. The fraction of sp³-hybridized carbons (Fsp3) is 0.286. The molecule has 4 rings (SSSR count). The summed E-state index contributed by atoms with van der Waals surface area (Å²) in [4.78, 5) is 13.0. The van der Waals surface area contributed by atoms with Crippen molar-refractivity contribution >= 4 is 35.0 Å². The van der Waals surface area contributed by atoms with Crippen LogP contribution in [0, 0.1) is 13.8 Å². The predicted octanol–water partition coefficient (Wildman–Crippen LogP) is 4.09. The number of nitrogens with zero attached hydrogens (tertiary/aromatic N) is 5. The van der Waals surface area contributed by atoms with Crippen molar-refractivity contribution in [3.63, 3.8) is 0 Å². The normalized spacial score (nSPS) is 16.5. The van der Waals surface area contributed by atoms with E-state index in [9.17, 15) is 0 Å². The first-order valence-electron chi connectivity index (χ1n) is 9.81. The molecule has 0 amide bonds. The quantitative estimate of drug-likeness (QED) is 0.432. The first-order chi connectivity index (χ1) is 14.9. The number of hydrogen-bond acceptors (Lipinski definition) is 9. The number of nitrogens with one attached hydrogen (secondary N) is 2. The monoisotopic (exact) mass is 439 g/mol. The summed E-state index contributed by atoms with van der Waals surface area (Å²) in [5.74, 6) is 2.86. The van der Waals surface area contributed by atoms with Gasteiger partial charge in [0, 0.05) is 29.8 Å². The fourth-order valence-electron chi connectivity index (χ4n) is 3.07. The van der Waals surface area contributed by atoms with Crippen molar-refractivity contribution in [1.29, 1.82) is 0 Å². The maximum Gasteiger partial charge on any atom is 0.258 e. The molecule has 9 nitrogen and oxygen atoms in total. The van der Waals surface area contributed by atoms with Crippen LogP contribution < -0.4 is 10.6 Å². The summed E-state index contributed by atoms with van der Waals surface area (Å²) in [5, 5.41) is 14.4. The molecule has 3 aromatic rings. The molecule has 4 heterocycles. The van der Waals surface area contributed by atoms with Gasteiger partial charge >= 0.3 is 0 Å². The summed E-state index contributed by atoms with van der Waals surface area (Å²) in [7, 11) is 0. The Hall–Kier alpha value is -3.46. The van der Waals surface area contributed by atoms with Crippen molar-refractivity contribution in [1.82, 2.24) is 30.6 Å². The molecule has 2 N–H and O–H groups in total. The van der Waals surface area contributed by atoms with E-state index in [0.717, 1.165) is 40.2 Å². The minimum Gasteiger partial charge on any atom is -0.352 e. The lowest BCUT2D eigenvalue weighted by Crippen LogP contribution is -2.31. The lowest BCUT2D eigenvalue weighted by molar-refractivity contribution is 0.402. The highest BCUT2D eigenvalue weighted by Gasteiger charge is 2.23. The molecule has 1 unspecified atom stereocenters. The van der Waals surface area contributed by atoms with E-state index in [1.54, 1.807) is 25.4 Å². The Labute approximate surface area is 184 Å². The van der Waals surface area contributed by atoms with Crippen LogP contribution in [0.5, 0.6) is 0 Å². The molecule has 3 aromatic heterocycles. The summed E-state index contributed by atoms with van der Waals surface area (Å²) in [6.07, 6.45) is 9.77. The summed E-state index contributed by atoms with van der Waals surface area (Å²) < 4.78 is 10.5. The number of rotatable bonds is 6. The Bertz CT molecular complexity index is 1190. The third-order valence-corrected chi connectivity index (χ3v) is 5.09. The van der Waals surface area contributed by atoms with Gasteiger partial charge in [-0.25, -0.2) is 0 Å². The average molecular weight is 440 g/mol. The van der Waals surface area contributed by atoms with Crippen LogP contribution in [0.2, 0.25) is 0 Å². The second kappa shape index (κ2) is 8.73. The lowest BCUT2D eigenvalue weighted by atomic mass is 10.0. The van der Waals surface area contributed by atoms with Gasteiger partial charge in [-0.2, -0.15) is 9.97 Å². The molecule has 1 atom stereocenters. The summed E-state index contributed by atoms with van der Waals surface area (Å²) >= 11 is 6.40. The van der Waals surface area contributed by atoms with Gasteiger partial charge in [0.1, 0.15) is 11.3 Å². The van der Waals surface area contributed by atoms with E-state index in [1.165, 1.54) is 0 Å².